The van der Waals surface area contributed by atoms with Crippen LogP contribution in [0, 0.1) is 0 Å². The molecule has 0 aromatic heterocycles. The first-order chi connectivity index (χ1) is 7.63. The van der Waals surface area contributed by atoms with Gasteiger partial charge in [0.05, 0.1) is 6.61 Å². The minimum Gasteiger partial charge on any atom is -0.394 e. The molecule has 0 aliphatic heterocycles. The second kappa shape index (κ2) is 6.25. The van der Waals surface area contributed by atoms with Gasteiger partial charge in [-0.15, -0.1) is 0 Å². The van der Waals surface area contributed by atoms with Crippen molar-refractivity contribution in [2.75, 3.05) is 6.61 Å². The van der Waals surface area contributed by atoms with Crippen LogP contribution < -0.4 is 11.1 Å². The molecule has 4 N–H and O–H groups in total. The summed E-state index contributed by atoms with van der Waals surface area (Å²) in [6.45, 7) is 1.68. The number of carbonyl (C=O) groups excluding carboxylic acids is 1. The minimum atomic E-state index is -0.299. The summed E-state index contributed by atoms with van der Waals surface area (Å²) in [7, 11) is 0. The first-order valence-electron chi connectivity index (χ1n) is 5.34. The summed E-state index contributed by atoms with van der Waals surface area (Å²) in [6, 6.07) is 8.96. The van der Waals surface area contributed by atoms with Crippen LogP contribution in [-0.4, -0.2) is 23.7 Å². The van der Waals surface area contributed by atoms with Crippen LogP contribution in [0.4, 0.5) is 0 Å². The molecule has 1 unspecified atom stereocenters. The Bertz CT molecular complexity index is 327. The van der Waals surface area contributed by atoms with Crippen molar-refractivity contribution < 1.29 is 9.90 Å². The van der Waals surface area contributed by atoms with Crippen LogP contribution in [0.15, 0.2) is 30.3 Å². The van der Waals surface area contributed by atoms with E-state index >= 15 is 0 Å². The summed E-state index contributed by atoms with van der Waals surface area (Å²) >= 11 is 0. The molecule has 0 saturated carbocycles. The zero-order chi connectivity index (χ0) is 12.0. The van der Waals surface area contributed by atoms with Crippen LogP contribution in [0.1, 0.15) is 24.9 Å². The molecule has 0 spiro atoms. The molecule has 1 aromatic rings. The van der Waals surface area contributed by atoms with Gasteiger partial charge in [-0.05, 0) is 12.5 Å². The molecule has 1 rings (SSSR count). The molecule has 0 aliphatic carbocycles. The number of hydrogen-bond acceptors (Lipinski definition) is 3. The number of aliphatic hydroxyl groups excluding tert-OH is 1. The van der Waals surface area contributed by atoms with Crippen LogP contribution in [0.3, 0.4) is 0 Å². The van der Waals surface area contributed by atoms with E-state index in [9.17, 15) is 4.79 Å². The van der Waals surface area contributed by atoms with Gasteiger partial charge < -0.3 is 16.2 Å². The van der Waals surface area contributed by atoms with E-state index in [4.69, 9.17) is 10.8 Å². The highest BCUT2D eigenvalue weighted by atomic mass is 16.3. The number of amides is 1. The van der Waals surface area contributed by atoms with Gasteiger partial charge in [-0.2, -0.15) is 0 Å². The van der Waals surface area contributed by atoms with Gasteiger partial charge in [0.25, 0.3) is 0 Å². The first kappa shape index (κ1) is 12.7. The molecule has 0 aliphatic rings. The Balaban J connectivity index is 2.46. The number of rotatable bonds is 5. The lowest BCUT2D eigenvalue weighted by atomic mass is 10.0. The third-order valence-corrected chi connectivity index (χ3v) is 2.31. The van der Waals surface area contributed by atoms with Crippen molar-refractivity contribution in [3.05, 3.63) is 35.9 Å². The average Bonchev–Trinajstić information content (AvgIpc) is 2.29. The summed E-state index contributed by atoms with van der Waals surface area (Å²) < 4.78 is 0. The normalized spacial score (nSPS) is 14.2. The Morgan fingerprint density at radius 1 is 1.44 bits per heavy atom. The molecule has 4 nitrogen and oxygen atoms in total. The minimum absolute atomic E-state index is 0.0632. The zero-order valence-electron chi connectivity index (χ0n) is 9.39. The smallest absolute Gasteiger partial charge is 0.222 e. The lowest BCUT2D eigenvalue weighted by Crippen LogP contribution is -2.36. The monoisotopic (exact) mass is 222 g/mol. The second-order valence-electron chi connectivity index (χ2n) is 3.87. The number of carbonyl (C=O) groups is 1. The van der Waals surface area contributed by atoms with Gasteiger partial charge in [0.1, 0.15) is 0 Å². The van der Waals surface area contributed by atoms with E-state index < -0.39 is 0 Å². The van der Waals surface area contributed by atoms with Gasteiger partial charge in [0, 0.05) is 18.5 Å². The van der Waals surface area contributed by atoms with Crippen LogP contribution in [0.5, 0.6) is 0 Å². The molecule has 0 radical (unpaired) electrons. The van der Waals surface area contributed by atoms with Gasteiger partial charge in [-0.1, -0.05) is 30.3 Å². The maximum absolute atomic E-state index is 11.5. The van der Waals surface area contributed by atoms with E-state index in [2.05, 4.69) is 5.32 Å². The van der Waals surface area contributed by atoms with Gasteiger partial charge in [0.15, 0.2) is 0 Å². The van der Waals surface area contributed by atoms with E-state index in [0.717, 1.165) is 5.56 Å². The largest absolute Gasteiger partial charge is 0.394 e. The quantitative estimate of drug-likeness (QED) is 0.682. The topological polar surface area (TPSA) is 75.3 Å². The van der Waals surface area contributed by atoms with Gasteiger partial charge in [0.2, 0.25) is 5.91 Å². The fourth-order valence-corrected chi connectivity index (χ4v) is 1.40. The summed E-state index contributed by atoms with van der Waals surface area (Å²) in [6.07, 6.45) is 0.231. The molecule has 16 heavy (non-hydrogen) atoms. The van der Waals surface area contributed by atoms with Crippen molar-refractivity contribution in [2.45, 2.75) is 25.4 Å². The van der Waals surface area contributed by atoms with Crippen molar-refractivity contribution in [3.63, 3.8) is 0 Å². The Hall–Kier alpha value is -1.39. The highest BCUT2D eigenvalue weighted by Crippen LogP contribution is 2.12. The highest BCUT2D eigenvalue weighted by molar-refractivity contribution is 5.77. The van der Waals surface area contributed by atoms with Crippen molar-refractivity contribution >= 4 is 5.91 Å². The zero-order valence-corrected chi connectivity index (χ0v) is 9.39. The lowest BCUT2D eigenvalue weighted by molar-refractivity contribution is -0.122. The molecule has 2 atom stereocenters. The summed E-state index contributed by atoms with van der Waals surface area (Å²) in [5.41, 5.74) is 6.83. The Morgan fingerprint density at radius 2 is 2.06 bits per heavy atom. The van der Waals surface area contributed by atoms with Gasteiger partial charge >= 0.3 is 0 Å². The van der Waals surface area contributed by atoms with Crippen molar-refractivity contribution in [1.82, 2.24) is 5.32 Å². The molecule has 88 valence electrons. The average molecular weight is 222 g/mol. The SMILES string of the molecule is C[C@H](CO)NC(=O)CC(N)c1ccccc1. The summed E-state index contributed by atoms with van der Waals surface area (Å²) in [5, 5.41) is 11.5. The highest BCUT2D eigenvalue weighted by Gasteiger charge is 2.12. The summed E-state index contributed by atoms with van der Waals surface area (Å²) in [5.74, 6) is -0.141. The number of hydrogen-bond donors (Lipinski definition) is 3. The molecule has 0 saturated heterocycles. The first-order valence-corrected chi connectivity index (χ1v) is 5.34. The lowest BCUT2D eigenvalue weighted by Gasteiger charge is -2.14. The third kappa shape index (κ3) is 4.00. The predicted octanol–water partition coefficient (Wildman–Crippen LogP) is 0.574. The van der Waals surface area contributed by atoms with Crippen LogP contribution >= 0.6 is 0 Å². The molecule has 4 heteroatoms. The fourth-order valence-electron chi connectivity index (χ4n) is 1.40. The van der Waals surface area contributed by atoms with Gasteiger partial charge in [-0.3, -0.25) is 4.79 Å². The standard InChI is InChI=1S/C12H18N2O2/c1-9(8-15)14-12(16)7-11(13)10-5-3-2-4-6-10/h2-6,9,11,15H,7-8,13H2,1H3,(H,14,16)/t9-,11?/m1/s1. The number of nitrogens with two attached hydrogens (primary N) is 1. The fraction of sp³-hybridized carbons (Fsp3) is 0.417. The molecular weight excluding hydrogens is 204 g/mol. The second-order valence-corrected chi connectivity index (χ2v) is 3.87. The van der Waals surface area contributed by atoms with Crippen molar-refractivity contribution in [1.29, 1.82) is 0 Å². The molecule has 1 amide bonds. The van der Waals surface area contributed by atoms with Crippen LogP contribution in [0.2, 0.25) is 0 Å². The molecule has 0 fully saturated rings. The summed E-state index contributed by atoms with van der Waals surface area (Å²) in [4.78, 5) is 11.5. The maximum Gasteiger partial charge on any atom is 0.222 e. The van der Waals surface area contributed by atoms with Crippen molar-refractivity contribution in [2.24, 2.45) is 5.73 Å². The number of nitrogens with one attached hydrogen (secondary N) is 1. The van der Waals surface area contributed by atoms with E-state index in [1.54, 1.807) is 6.92 Å². The number of benzene rings is 1. The molecular formula is C12H18N2O2. The molecule has 1 aromatic carbocycles. The Morgan fingerprint density at radius 3 is 2.62 bits per heavy atom. The van der Waals surface area contributed by atoms with Crippen LogP contribution in [-0.2, 0) is 4.79 Å². The molecule has 0 heterocycles. The van der Waals surface area contributed by atoms with E-state index in [1.807, 2.05) is 30.3 Å². The maximum atomic E-state index is 11.5. The van der Waals surface area contributed by atoms with Gasteiger partial charge in [-0.25, -0.2) is 0 Å². The number of aliphatic hydroxyl groups is 1. The Labute approximate surface area is 95.5 Å². The van der Waals surface area contributed by atoms with Crippen LogP contribution in [0.25, 0.3) is 0 Å². The Kier molecular flexibility index (Phi) is 4.95. The van der Waals surface area contributed by atoms with E-state index in [1.165, 1.54) is 0 Å². The van der Waals surface area contributed by atoms with E-state index in [0.29, 0.717) is 0 Å². The van der Waals surface area contributed by atoms with E-state index in [-0.39, 0.29) is 31.0 Å². The third-order valence-electron chi connectivity index (χ3n) is 2.31. The predicted molar refractivity (Wildman–Crippen MR) is 62.7 cm³/mol. The van der Waals surface area contributed by atoms with Crippen molar-refractivity contribution in [3.8, 4) is 0 Å². The molecule has 0 bridgehead atoms.